The zero-order chi connectivity index (χ0) is 23.2. The van der Waals surface area contributed by atoms with Gasteiger partial charge in [0.1, 0.15) is 10.6 Å². The average molecular weight is 492 g/mol. The largest absolute Gasteiger partial charge is 0.492 e. The van der Waals surface area contributed by atoms with E-state index in [2.05, 4.69) is 29.2 Å². The van der Waals surface area contributed by atoms with Gasteiger partial charge in [-0.25, -0.2) is 13.6 Å². The van der Waals surface area contributed by atoms with Crippen molar-refractivity contribution in [3.8, 4) is 5.75 Å². The number of fused-ring (bicyclic) bond motifs is 2. The van der Waals surface area contributed by atoms with Crippen LogP contribution < -0.4 is 9.88 Å². The summed E-state index contributed by atoms with van der Waals surface area (Å²) >= 11 is 0. The van der Waals surface area contributed by atoms with E-state index in [4.69, 9.17) is 9.88 Å². The van der Waals surface area contributed by atoms with E-state index in [1.807, 2.05) is 6.07 Å². The van der Waals surface area contributed by atoms with Gasteiger partial charge in [-0.3, -0.25) is 4.90 Å². The van der Waals surface area contributed by atoms with Crippen LogP contribution in [0.4, 0.5) is 0 Å². The first-order valence-corrected chi connectivity index (χ1v) is 14.4. The van der Waals surface area contributed by atoms with Crippen LogP contribution in [0, 0.1) is 5.92 Å². The van der Waals surface area contributed by atoms with Crippen molar-refractivity contribution in [3.63, 3.8) is 0 Å². The van der Waals surface area contributed by atoms with Gasteiger partial charge in [0.25, 0.3) is 10.2 Å². The van der Waals surface area contributed by atoms with Crippen LogP contribution in [0.2, 0.25) is 0 Å². The molecule has 2 aromatic rings. The van der Waals surface area contributed by atoms with E-state index in [0.717, 1.165) is 24.2 Å². The molecule has 3 heterocycles. The number of benzene rings is 2. The number of ether oxygens (including phenoxy) is 1. The Balaban J connectivity index is 1.29. The number of sulfone groups is 1. The lowest BCUT2D eigenvalue weighted by Crippen LogP contribution is -2.43. The van der Waals surface area contributed by atoms with Gasteiger partial charge in [-0.05, 0) is 53.5 Å². The molecule has 0 amide bonds. The van der Waals surface area contributed by atoms with Gasteiger partial charge in [0.05, 0.1) is 12.4 Å². The molecule has 3 aliphatic heterocycles. The summed E-state index contributed by atoms with van der Waals surface area (Å²) in [7, 11) is -7.04. The van der Waals surface area contributed by atoms with Gasteiger partial charge in [-0.15, -0.1) is 0 Å². The molecule has 5 rings (SSSR count). The van der Waals surface area contributed by atoms with Crippen LogP contribution >= 0.6 is 0 Å². The lowest BCUT2D eigenvalue weighted by atomic mass is 9.99. The summed E-state index contributed by atoms with van der Waals surface area (Å²) < 4.78 is 56.0. The van der Waals surface area contributed by atoms with Crippen LogP contribution in [0.3, 0.4) is 0 Å². The highest BCUT2D eigenvalue weighted by molar-refractivity contribution is 7.91. The number of piperidine rings is 1. The molecule has 2 aromatic carbocycles. The summed E-state index contributed by atoms with van der Waals surface area (Å²) in [5.74, 6) is 0.693. The van der Waals surface area contributed by atoms with Crippen LogP contribution in [-0.4, -0.2) is 51.5 Å². The first-order valence-electron chi connectivity index (χ1n) is 11.3. The minimum Gasteiger partial charge on any atom is -0.492 e. The Labute approximate surface area is 195 Å². The van der Waals surface area contributed by atoms with Crippen molar-refractivity contribution in [2.75, 3.05) is 25.4 Å². The van der Waals surface area contributed by atoms with Gasteiger partial charge in [0, 0.05) is 32.7 Å². The molecule has 1 fully saturated rings. The van der Waals surface area contributed by atoms with Crippen molar-refractivity contribution in [3.05, 3.63) is 58.7 Å². The van der Waals surface area contributed by atoms with Crippen molar-refractivity contribution in [1.82, 2.24) is 9.21 Å². The molecular formula is C23H29N3O5S2. The zero-order valence-electron chi connectivity index (χ0n) is 18.4. The van der Waals surface area contributed by atoms with E-state index in [9.17, 15) is 16.8 Å². The first-order chi connectivity index (χ1) is 15.7. The number of rotatable bonds is 6. The Hall–Kier alpha value is -1.98. The molecule has 0 radical (unpaired) electrons. The molecule has 0 aromatic heterocycles. The predicted molar refractivity (Wildman–Crippen MR) is 124 cm³/mol. The molecule has 0 aliphatic carbocycles. The molecule has 0 saturated carbocycles. The molecule has 1 saturated heterocycles. The molecular weight excluding hydrogens is 462 g/mol. The topological polar surface area (TPSA) is 110 Å². The van der Waals surface area contributed by atoms with E-state index < -0.39 is 20.0 Å². The fourth-order valence-electron chi connectivity index (χ4n) is 5.16. The SMILES string of the molecule is NS(=O)(=O)N1CCC(COc2ccc(CN3Cc4ccccc4C3)c3c2S(=O)(=O)CC3)CC1. The van der Waals surface area contributed by atoms with Crippen molar-refractivity contribution in [1.29, 1.82) is 0 Å². The maximum atomic E-state index is 12.9. The molecule has 8 nitrogen and oxygen atoms in total. The summed E-state index contributed by atoms with van der Waals surface area (Å²) in [6.45, 7) is 3.53. The highest BCUT2D eigenvalue weighted by Crippen LogP contribution is 2.38. The summed E-state index contributed by atoms with van der Waals surface area (Å²) in [5.41, 5.74) is 4.59. The number of nitrogens with two attached hydrogens (primary N) is 1. The minimum absolute atomic E-state index is 0.114. The van der Waals surface area contributed by atoms with Crippen LogP contribution in [0.25, 0.3) is 0 Å². The van der Waals surface area contributed by atoms with E-state index >= 15 is 0 Å². The van der Waals surface area contributed by atoms with Crippen molar-refractivity contribution in [2.45, 2.75) is 43.8 Å². The molecule has 178 valence electrons. The standard InChI is InChI=1S/C23H29N3O5S2/c24-33(29,30)26-10-7-17(8-11-26)16-31-22-6-5-20(21-9-12-32(27,28)23(21)22)15-25-13-18-3-1-2-4-19(18)14-25/h1-6,17H,7-16H2,(H2,24,29,30). The lowest BCUT2D eigenvalue weighted by Gasteiger charge is -2.29. The Bertz CT molecular complexity index is 1240. The third-order valence-corrected chi connectivity index (χ3v) is 9.86. The average Bonchev–Trinajstić information content (AvgIpc) is 3.33. The molecule has 0 unspecified atom stereocenters. The van der Waals surface area contributed by atoms with Gasteiger partial charge < -0.3 is 4.74 Å². The van der Waals surface area contributed by atoms with Crippen LogP contribution in [-0.2, 0) is 46.1 Å². The van der Waals surface area contributed by atoms with Crippen LogP contribution in [0.1, 0.15) is 35.1 Å². The minimum atomic E-state index is -3.66. The summed E-state index contributed by atoms with van der Waals surface area (Å²) in [5, 5.41) is 5.21. The third kappa shape index (κ3) is 4.67. The second kappa shape index (κ2) is 8.66. The Kier molecular flexibility index (Phi) is 5.98. The maximum absolute atomic E-state index is 12.9. The second-order valence-corrected chi connectivity index (χ2v) is 12.8. The lowest BCUT2D eigenvalue weighted by molar-refractivity contribution is 0.182. The Morgan fingerprint density at radius 2 is 1.70 bits per heavy atom. The third-order valence-electron chi connectivity index (χ3n) is 6.96. The van der Waals surface area contributed by atoms with Crippen molar-refractivity contribution < 1.29 is 21.6 Å². The summed E-state index contributed by atoms with van der Waals surface area (Å²) in [4.78, 5) is 2.68. The van der Waals surface area contributed by atoms with Gasteiger partial charge in [0.15, 0.2) is 9.84 Å². The van der Waals surface area contributed by atoms with Crippen LogP contribution in [0.5, 0.6) is 5.75 Å². The first kappa shape index (κ1) is 22.8. The van der Waals surface area contributed by atoms with E-state index in [1.54, 1.807) is 6.07 Å². The highest BCUT2D eigenvalue weighted by Gasteiger charge is 2.34. The zero-order valence-corrected chi connectivity index (χ0v) is 20.1. The molecule has 2 N–H and O–H groups in total. The molecule has 10 heteroatoms. The fraction of sp³-hybridized carbons (Fsp3) is 0.478. The maximum Gasteiger partial charge on any atom is 0.276 e. The van der Waals surface area contributed by atoms with Crippen molar-refractivity contribution >= 4 is 20.0 Å². The predicted octanol–water partition coefficient (Wildman–Crippen LogP) is 1.83. The molecule has 0 bridgehead atoms. The molecule has 0 spiro atoms. The number of nitrogens with zero attached hydrogens (tertiary/aromatic N) is 2. The van der Waals surface area contributed by atoms with Gasteiger partial charge in [0.2, 0.25) is 0 Å². The fourth-order valence-corrected chi connectivity index (χ4v) is 7.60. The molecule has 3 aliphatic rings. The van der Waals surface area contributed by atoms with Gasteiger partial charge in [-0.2, -0.15) is 12.7 Å². The Morgan fingerprint density at radius 3 is 2.33 bits per heavy atom. The van der Waals surface area contributed by atoms with Crippen molar-refractivity contribution in [2.24, 2.45) is 11.1 Å². The summed E-state index contributed by atoms with van der Waals surface area (Å²) in [6, 6.07) is 12.2. The smallest absolute Gasteiger partial charge is 0.276 e. The summed E-state index contributed by atoms with van der Waals surface area (Å²) in [6.07, 6.45) is 1.79. The highest BCUT2D eigenvalue weighted by atomic mass is 32.2. The number of hydrogen-bond acceptors (Lipinski definition) is 6. The molecule has 33 heavy (non-hydrogen) atoms. The van der Waals surface area contributed by atoms with Crippen LogP contribution in [0.15, 0.2) is 41.3 Å². The van der Waals surface area contributed by atoms with Gasteiger partial charge >= 0.3 is 0 Å². The van der Waals surface area contributed by atoms with E-state index in [1.165, 1.54) is 15.4 Å². The second-order valence-electron chi connectivity index (χ2n) is 9.21. The van der Waals surface area contributed by atoms with Gasteiger partial charge in [-0.1, -0.05) is 30.3 Å². The van der Waals surface area contributed by atoms with E-state index in [-0.39, 0.29) is 11.7 Å². The number of hydrogen-bond donors (Lipinski definition) is 1. The normalized spacial score (nSPS) is 21.1. The molecule has 0 atom stereocenters. The Morgan fingerprint density at radius 1 is 1.03 bits per heavy atom. The quantitative estimate of drug-likeness (QED) is 0.660. The van der Waals surface area contributed by atoms with E-state index in [0.29, 0.717) is 56.1 Å². The monoisotopic (exact) mass is 491 g/mol.